The van der Waals surface area contributed by atoms with Gasteiger partial charge in [-0.2, -0.15) is 8.78 Å². The number of benzene rings is 1. The molecule has 0 amide bonds. The zero-order chi connectivity index (χ0) is 14.8. The Hall–Kier alpha value is -1.96. The van der Waals surface area contributed by atoms with Crippen LogP contribution in [0.1, 0.15) is 11.5 Å². The number of sulfone groups is 1. The van der Waals surface area contributed by atoms with E-state index in [4.69, 9.17) is 4.52 Å². The van der Waals surface area contributed by atoms with E-state index in [1.807, 2.05) is 0 Å². The van der Waals surface area contributed by atoms with Gasteiger partial charge in [0.05, 0.1) is 17.1 Å². The predicted octanol–water partition coefficient (Wildman–Crippen LogP) is 2.59. The fourth-order valence-electron chi connectivity index (χ4n) is 1.55. The van der Waals surface area contributed by atoms with Gasteiger partial charge in [-0.15, -0.1) is 0 Å². The first-order valence-electron chi connectivity index (χ1n) is 5.68. The number of nitrogens with one attached hydrogen (secondary N) is 1. The molecule has 20 heavy (non-hydrogen) atoms. The number of aromatic nitrogens is 1. The largest absolute Gasteiger partial charge is 0.378 e. The third-order valence-corrected chi connectivity index (χ3v) is 3.96. The summed E-state index contributed by atoms with van der Waals surface area (Å²) in [5, 5.41) is 6.68. The summed E-state index contributed by atoms with van der Waals surface area (Å²) in [5.41, 5.74) is 1.34. The second-order valence-corrected chi connectivity index (χ2v) is 6.04. The van der Waals surface area contributed by atoms with E-state index in [1.165, 1.54) is 12.1 Å². The van der Waals surface area contributed by atoms with Crippen molar-refractivity contribution in [1.29, 1.82) is 0 Å². The maximum absolute atomic E-state index is 12.3. The van der Waals surface area contributed by atoms with Crippen molar-refractivity contribution in [3.63, 3.8) is 0 Å². The average molecular weight is 302 g/mol. The molecule has 0 aliphatic carbocycles. The van der Waals surface area contributed by atoms with Gasteiger partial charge in [-0.3, -0.25) is 0 Å². The fraction of sp³-hybridized carbons (Fsp3) is 0.250. The van der Waals surface area contributed by atoms with E-state index in [-0.39, 0.29) is 0 Å². The Morgan fingerprint density at radius 3 is 2.45 bits per heavy atom. The Morgan fingerprint density at radius 2 is 1.95 bits per heavy atom. The van der Waals surface area contributed by atoms with Gasteiger partial charge in [0.1, 0.15) is 0 Å². The zero-order valence-corrected chi connectivity index (χ0v) is 11.3. The number of hydrogen-bond donors (Lipinski definition) is 1. The highest BCUT2D eigenvalue weighted by atomic mass is 32.2. The highest BCUT2D eigenvalue weighted by Crippen LogP contribution is 2.20. The van der Waals surface area contributed by atoms with Crippen LogP contribution in [0.25, 0.3) is 0 Å². The van der Waals surface area contributed by atoms with Crippen LogP contribution in [0.5, 0.6) is 0 Å². The van der Waals surface area contributed by atoms with Crippen molar-refractivity contribution in [2.75, 3.05) is 5.32 Å². The fourth-order valence-corrected chi connectivity index (χ4v) is 2.28. The molecule has 0 bridgehead atoms. The van der Waals surface area contributed by atoms with Crippen LogP contribution in [0.15, 0.2) is 39.8 Å². The molecule has 0 aliphatic rings. The van der Waals surface area contributed by atoms with E-state index in [0.717, 1.165) is 17.8 Å². The Labute approximate surface area is 114 Å². The van der Waals surface area contributed by atoms with Crippen molar-refractivity contribution >= 4 is 15.5 Å². The number of nitrogens with zero attached hydrogens (tertiary/aromatic N) is 1. The van der Waals surface area contributed by atoms with Crippen molar-refractivity contribution in [2.24, 2.45) is 0 Å². The van der Waals surface area contributed by atoms with Gasteiger partial charge in [0.25, 0.3) is 0 Å². The van der Waals surface area contributed by atoms with E-state index >= 15 is 0 Å². The van der Waals surface area contributed by atoms with Gasteiger partial charge in [-0.1, -0.05) is 5.16 Å². The molecule has 1 aromatic carbocycles. The summed E-state index contributed by atoms with van der Waals surface area (Å²) in [7, 11) is -4.55. The second kappa shape index (κ2) is 5.58. The highest BCUT2D eigenvalue weighted by molar-refractivity contribution is 7.91. The predicted molar refractivity (Wildman–Crippen MR) is 68.2 cm³/mol. The molecule has 0 fully saturated rings. The molecule has 2 rings (SSSR count). The monoisotopic (exact) mass is 302 g/mol. The van der Waals surface area contributed by atoms with Gasteiger partial charge >= 0.3 is 5.76 Å². The van der Waals surface area contributed by atoms with Crippen LogP contribution in [0.4, 0.5) is 14.5 Å². The molecule has 0 spiro atoms. The average Bonchev–Trinajstić information content (AvgIpc) is 2.82. The van der Waals surface area contributed by atoms with Crippen LogP contribution < -0.4 is 5.32 Å². The SMILES string of the molecule is Cc1cc(CNc2ccc(S(=O)(=O)C(F)F)cc2)on1. The molecule has 0 atom stereocenters. The molecule has 2 aromatic rings. The standard InChI is InChI=1S/C12H12F2N2O3S/c1-8-6-10(19-16-8)7-15-9-2-4-11(5-3-9)20(17,18)12(13)14/h2-6,12,15H,7H2,1H3. The van der Waals surface area contributed by atoms with Gasteiger partial charge < -0.3 is 9.84 Å². The molecule has 1 heterocycles. The van der Waals surface area contributed by atoms with E-state index in [1.54, 1.807) is 13.0 Å². The number of alkyl halides is 2. The lowest BCUT2D eigenvalue weighted by Crippen LogP contribution is -2.11. The summed E-state index contributed by atoms with van der Waals surface area (Å²) < 4.78 is 52.1. The lowest BCUT2D eigenvalue weighted by atomic mass is 10.3. The zero-order valence-electron chi connectivity index (χ0n) is 10.5. The molecule has 1 N–H and O–H groups in total. The number of aryl methyl sites for hydroxylation is 1. The van der Waals surface area contributed by atoms with Gasteiger partial charge in [0, 0.05) is 11.8 Å². The molecule has 0 aliphatic heterocycles. The summed E-state index contributed by atoms with van der Waals surface area (Å²) in [6.07, 6.45) is 0. The first kappa shape index (κ1) is 14.4. The van der Waals surface area contributed by atoms with E-state index in [2.05, 4.69) is 10.5 Å². The molecule has 0 unspecified atom stereocenters. The van der Waals surface area contributed by atoms with Crippen molar-refractivity contribution in [2.45, 2.75) is 24.1 Å². The summed E-state index contributed by atoms with van der Waals surface area (Å²) >= 11 is 0. The molecular weight excluding hydrogens is 290 g/mol. The van der Waals surface area contributed by atoms with Gasteiger partial charge in [0.15, 0.2) is 5.76 Å². The van der Waals surface area contributed by atoms with Gasteiger partial charge in [-0.05, 0) is 31.2 Å². The third-order valence-electron chi connectivity index (χ3n) is 2.56. The molecule has 1 aromatic heterocycles. The van der Waals surface area contributed by atoms with Crippen LogP contribution in [0.3, 0.4) is 0 Å². The summed E-state index contributed by atoms with van der Waals surface area (Å²) in [4.78, 5) is -0.409. The van der Waals surface area contributed by atoms with E-state index in [9.17, 15) is 17.2 Å². The minimum Gasteiger partial charge on any atom is -0.378 e. The third kappa shape index (κ3) is 3.13. The minimum absolute atomic E-state index is 0.363. The lowest BCUT2D eigenvalue weighted by molar-refractivity contribution is 0.234. The molecule has 8 heteroatoms. The van der Waals surface area contributed by atoms with Crippen molar-refractivity contribution < 1.29 is 21.7 Å². The molecule has 0 saturated heterocycles. The van der Waals surface area contributed by atoms with Gasteiger partial charge in [0.2, 0.25) is 9.84 Å². The van der Waals surface area contributed by atoms with E-state index < -0.39 is 20.5 Å². The quantitative estimate of drug-likeness (QED) is 0.919. The summed E-state index contributed by atoms with van der Waals surface area (Å²) in [6.45, 7) is 2.15. The topological polar surface area (TPSA) is 72.2 Å². The summed E-state index contributed by atoms with van der Waals surface area (Å²) in [6, 6.07) is 6.85. The number of halogens is 2. The lowest BCUT2D eigenvalue weighted by Gasteiger charge is -2.06. The molecule has 5 nitrogen and oxygen atoms in total. The Morgan fingerprint density at radius 1 is 1.30 bits per heavy atom. The number of rotatable bonds is 5. The molecule has 108 valence electrons. The minimum atomic E-state index is -4.55. The molecule has 0 saturated carbocycles. The smallest absolute Gasteiger partial charge is 0.341 e. The first-order valence-corrected chi connectivity index (χ1v) is 7.22. The van der Waals surface area contributed by atoms with Crippen molar-refractivity contribution in [3.05, 3.63) is 41.8 Å². The molecular formula is C12H12F2N2O3S. The van der Waals surface area contributed by atoms with Crippen molar-refractivity contribution in [3.8, 4) is 0 Å². The Bertz CT molecular complexity index is 681. The normalized spacial score (nSPS) is 11.8. The van der Waals surface area contributed by atoms with Crippen LogP contribution >= 0.6 is 0 Å². The second-order valence-electron chi connectivity index (χ2n) is 4.12. The van der Waals surface area contributed by atoms with Crippen LogP contribution in [-0.2, 0) is 16.4 Å². The number of hydrogen-bond acceptors (Lipinski definition) is 5. The van der Waals surface area contributed by atoms with Crippen LogP contribution in [0, 0.1) is 6.92 Å². The number of anilines is 1. The van der Waals surface area contributed by atoms with Crippen LogP contribution in [-0.4, -0.2) is 19.3 Å². The van der Waals surface area contributed by atoms with Crippen LogP contribution in [0.2, 0.25) is 0 Å². The Balaban J connectivity index is 2.05. The summed E-state index contributed by atoms with van der Waals surface area (Å²) in [5.74, 6) is -2.80. The maximum atomic E-state index is 12.3. The molecule has 0 radical (unpaired) electrons. The highest BCUT2D eigenvalue weighted by Gasteiger charge is 2.26. The van der Waals surface area contributed by atoms with E-state index in [0.29, 0.717) is 18.0 Å². The maximum Gasteiger partial charge on any atom is 0.341 e. The van der Waals surface area contributed by atoms with Gasteiger partial charge in [-0.25, -0.2) is 8.42 Å². The Kier molecular flexibility index (Phi) is 4.03. The van der Waals surface area contributed by atoms with Crippen molar-refractivity contribution in [1.82, 2.24) is 5.16 Å². The first-order chi connectivity index (χ1) is 9.39.